The minimum absolute atomic E-state index is 0.382. The lowest BCUT2D eigenvalue weighted by atomic mass is 10.0. The lowest BCUT2D eigenvalue weighted by molar-refractivity contribution is 0.0444. The molecule has 1 aromatic carbocycles. The number of rotatable bonds is 2. The molecule has 0 spiro atoms. The van der Waals surface area contributed by atoms with Gasteiger partial charge in [-0.25, -0.2) is 9.59 Å². The summed E-state index contributed by atoms with van der Waals surface area (Å²) in [6, 6.07) is 1.71. The third-order valence-electron chi connectivity index (χ3n) is 2.87. The number of hydrogen-bond donors (Lipinski definition) is 0. The van der Waals surface area contributed by atoms with E-state index < -0.39 is 21.7 Å². The summed E-state index contributed by atoms with van der Waals surface area (Å²) < 4.78 is 9.81. The molecule has 0 saturated carbocycles. The summed E-state index contributed by atoms with van der Waals surface area (Å²) in [4.78, 5) is 23.0. The molecule has 0 fully saturated rings. The average Bonchev–Trinajstić information content (AvgIpc) is 2.49. The summed E-state index contributed by atoms with van der Waals surface area (Å²) in [7, 11) is 0.633. The van der Waals surface area contributed by atoms with Crippen LogP contribution in [0.3, 0.4) is 0 Å². The Balaban J connectivity index is 2.72. The number of cyclic esters (lactones) is 2. The van der Waals surface area contributed by atoms with E-state index in [1.165, 1.54) is 0 Å². The molecule has 1 aliphatic heterocycles. The third-order valence-corrected chi connectivity index (χ3v) is 4.34. The van der Waals surface area contributed by atoms with Gasteiger partial charge in [0.05, 0.1) is 11.1 Å². The number of carbonyl (C=O) groups excluding carboxylic acids is 2. The van der Waals surface area contributed by atoms with Gasteiger partial charge in [0, 0.05) is 7.11 Å². The molecule has 1 aliphatic rings. The summed E-state index contributed by atoms with van der Waals surface area (Å²) in [5, 5.41) is 0.883. The predicted molar refractivity (Wildman–Crippen MR) is 60.8 cm³/mol. The van der Waals surface area contributed by atoms with Crippen LogP contribution in [-0.2, 0) is 9.16 Å². The van der Waals surface area contributed by atoms with Gasteiger partial charge < -0.3 is 9.16 Å². The Bertz CT molecular complexity index is 493. The van der Waals surface area contributed by atoms with Gasteiger partial charge in [0.2, 0.25) is 0 Å². The van der Waals surface area contributed by atoms with Gasteiger partial charge in [-0.2, -0.15) is 0 Å². The van der Waals surface area contributed by atoms with Crippen LogP contribution in [-0.4, -0.2) is 28.8 Å². The molecule has 0 saturated heterocycles. The molecular formula is C11H12O4Si. The second-order valence-corrected chi connectivity index (χ2v) is 5.40. The molecule has 2 rings (SSSR count). The lowest BCUT2D eigenvalue weighted by Crippen LogP contribution is -2.27. The van der Waals surface area contributed by atoms with E-state index >= 15 is 0 Å². The van der Waals surface area contributed by atoms with Crippen molar-refractivity contribution in [2.24, 2.45) is 0 Å². The largest absolute Gasteiger partial charge is 0.422 e. The van der Waals surface area contributed by atoms with Crippen molar-refractivity contribution < 1.29 is 18.8 Å². The van der Waals surface area contributed by atoms with Crippen molar-refractivity contribution in [3.8, 4) is 0 Å². The highest BCUT2D eigenvalue weighted by Gasteiger charge is 2.33. The summed E-state index contributed by atoms with van der Waals surface area (Å²) in [5.41, 5.74) is 2.82. The summed E-state index contributed by atoms with van der Waals surface area (Å²) in [5.74, 6) is -1.09. The number of esters is 2. The molecule has 84 valence electrons. The van der Waals surface area contributed by atoms with Crippen molar-refractivity contribution in [3.05, 3.63) is 28.3 Å². The van der Waals surface area contributed by atoms with Gasteiger partial charge in [0.25, 0.3) is 0 Å². The first-order valence-electron chi connectivity index (χ1n) is 4.94. The van der Waals surface area contributed by atoms with Crippen LogP contribution in [0.25, 0.3) is 0 Å². The van der Waals surface area contributed by atoms with E-state index in [9.17, 15) is 9.59 Å². The first kappa shape index (κ1) is 11.0. The van der Waals surface area contributed by atoms with Crippen molar-refractivity contribution in [1.82, 2.24) is 0 Å². The molecule has 0 bridgehead atoms. The van der Waals surface area contributed by atoms with Gasteiger partial charge in [-0.05, 0) is 36.2 Å². The van der Waals surface area contributed by atoms with E-state index in [4.69, 9.17) is 4.43 Å². The third kappa shape index (κ3) is 1.48. The summed E-state index contributed by atoms with van der Waals surface area (Å²) in [6.07, 6.45) is 0. The van der Waals surface area contributed by atoms with Crippen LogP contribution in [0.15, 0.2) is 6.07 Å². The maximum atomic E-state index is 11.6. The first-order chi connectivity index (χ1) is 7.56. The highest BCUT2D eigenvalue weighted by atomic mass is 28.2. The number of hydrogen-bond acceptors (Lipinski definition) is 4. The quantitative estimate of drug-likeness (QED) is 0.411. The second kappa shape index (κ2) is 3.84. The topological polar surface area (TPSA) is 52.6 Å². The fraction of sp³-hybridized carbons (Fsp3) is 0.273. The Morgan fingerprint density at radius 3 is 2.56 bits per heavy atom. The lowest BCUT2D eigenvalue weighted by Gasteiger charge is -2.10. The van der Waals surface area contributed by atoms with Crippen LogP contribution in [0.2, 0.25) is 0 Å². The zero-order chi connectivity index (χ0) is 11.9. The Kier molecular flexibility index (Phi) is 2.65. The van der Waals surface area contributed by atoms with Crippen molar-refractivity contribution in [2.75, 3.05) is 7.11 Å². The van der Waals surface area contributed by atoms with Crippen LogP contribution < -0.4 is 5.19 Å². The minimum Gasteiger partial charge on any atom is -0.422 e. The molecule has 0 unspecified atom stereocenters. The number of benzene rings is 1. The van der Waals surface area contributed by atoms with Gasteiger partial charge in [-0.1, -0.05) is 0 Å². The molecule has 16 heavy (non-hydrogen) atoms. The van der Waals surface area contributed by atoms with Crippen molar-refractivity contribution >= 4 is 26.9 Å². The molecule has 1 heterocycles. The first-order valence-corrected chi connectivity index (χ1v) is 6.23. The number of fused-ring (bicyclic) bond motifs is 1. The number of aryl methyl sites for hydroxylation is 1. The molecule has 0 aromatic heterocycles. The van der Waals surface area contributed by atoms with Crippen LogP contribution in [0.4, 0.5) is 0 Å². The number of ether oxygens (including phenoxy) is 1. The number of carbonyl (C=O) groups is 2. The normalized spacial score (nSPS) is 14.7. The highest BCUT2D eigenvalue weighted by Crippen LogP contribution is 2.21. The van der Waals surface area contributed by atoms with Gasteiger partial charge >= 0.3 is 11.9 Å². The fourth-order valence-corrected chi connectivity index (χ4v) is 3.16. The van der Waals surface area contributed by atoms with Crippen LogP contribution in [0, 0.1) is 13.8 Å². The van der Waals surface area contributed by atoms with E-state index in [1.54, 1.807) is 13.2 Å². The monoisotopic (exact) mass is 236 g/mol. The standard InChI is InChI=1S/C11H12O4Si/c1-5-4-7-8(11(13)15-10(7)12)9(6(5)2)16-14-3/h4H,16H2,1-3H3. The molecule has 0 atom stereocenters. The minimum atomic E-state index is -0.980. The van der Waals surface area contributed by atoms with E-state index in [2.05, 4.69) is 4.74 Å². The van der Waals surface area contributed by atoms with Gasteiger partial charge in [0.1, 0.15) is 0 Å². The fourth-order valence-electron chi connectivity index (χ4n) is 1.89. The van der Waals surface area contributed by atoms with E-state index in [-0.39, 0.29) is 0 Å². The molecule has 0 amide bonds. The Morgan fingerprint density at radius 1 is 1.25 bits per heavy atom. The maximum absolute atomic E-state index is 11.6. The summed E-state index contributed by atoms with van der Waals surface area (Å²) in [6.45, 7) is 3.85. The molecular weight excluding hydrogens is 224 g/mol. The summed E-state index contributed by atoms with van der Waals surface area (Å²) >= 11 is 0. The SMILES string of the molecule is CO[SiH2]c1c(C)c(C)cc2c1C(=O)OC2=O. The maximum Gasteiger partial charge on any atom is 0.346 e. The van der Waals surface area contributed by atoms with Crippen molar-refractivity contribution in [1.29, 1.82) is 0 Å². The molecule has 0 N–H and O–H groups in total. The van der Waals surface area contributed by atoms with E-state index in [1.807, 2.05) is 13.8 Å². The van der Waals surface area contributed by atoms with Gasteiger partial charge in [-0.3, -0.25) is 0 Å². The van der Waals surface area contributed by atoms with Gasteiger partial charge in [-0.15, -0.1) is 0 Å². The molecule has 4 nitrogen and oxygen atoms in total. The van der Waals surface area contributed by atoms with Crippen LogP contribution in [0.5, 0.6) is 0 Å². The molecule has 5 heteroatoms. The van der Waals surface area contributed by atoms with E-state index in [0.717, 1.165) is 16.3 Å². The van der Waals surface area contributed by atoms with Gasteiger partial charge in [0.15, 0.2) is 9.76 Å². The Labute approximate surface area is 95.5 Å². The zero-order valence-corrected chi connectivity index (χ0v) is 10.8. The Hall–Kier alpha value is -1.46. The van der Waals surface area contributed by atoms with Crippen LogP contribution in [0.1, 0.15) is 31.8 Å². The smallest absolute Gasteiger partial charge is 0.346 e. The average molecular weight is 236 g/mol. The Morgan fingerprint density at radius 2 is 1.94 bits per heavy atom. The molecule has 0 aliphatic carbocycles. The van der Waals surface area contributed by atoms with Crippen LogP contribution >= 0.6 is 0 Å². The van der Waals surface area contributed by atoms with Crippen molar-refractivity contribution in [2.45, 2.75) is 13.8 Å². The highest BCUT2D eigenvalue weighted by molar-refractivity contribution is 6.51. The molecule has 1 aromatic rings. The predicted octanol–water partition coefficient (Wildman–Crippen LogP) is -0.0305. The van der Waals surface area contributed by atoms with E-state index in [0.29, 0.717) is 11.1 Å². The zero-order valence-electron chi connectivity index (χ0n) is 9.42. The molecule has 0 radical (unpaired) electrons. The second-order valence-electron chi connectivity index (χ2n) is 3.83. The van der Waals surface area contributed by atoms with Crippen molar-refractivity contribution in [3.63, 3.8) is 0 Å².